The van der Waals surface area contributed by atoms with E-state index in [2.05, 4.69) is 32.1 Å². The molecule has 154 valence electrons. The Balaban J connectivity index is 1.59. The zero-order chi connectivity index (χ0) is 21.2. The summed E-state index contributed by atoms with van der Waals surface area (Å²) in [6.07, 6.45) is -0.00917. The third kappa shape index (κ3) is 2.61. The normalized spacial score (nSPS) is 29.4. The molecule has 5 rings (SSSR count). The molecule has 8 nitrogen and oxygen atoms in total. The predicted molar refractivity (Wildman–Crippen MR) is 112 cm³/mol. The first-order chi connectivity index (χ1) is 14.4. The fourth-order valence-corrected chi connectivity index (χ4v) is 5.48. The second kappa shape index (κ2) is 6.60. The van der Waals surface area contributed by atoms with E-state index in [1.54, 1.807) is 29.3 Å². The highest BCUT2D eigenvalue weighted by Gasteiger charge is 2.74. The number of imidazole rings is 1. The predicted octanol–water partition coefficient (Wildman–Crippen LogP) is 1.51. The number of Topliss-reactive ketones (excluding diaryl/α,β-unsaturated/α-hetero) is 1. The van der Waals surface area contributed by atoms with Crippen LogP contribution in [0.1, 0.15) is 35.0 Å². The Kier molecular flexibility index (Phi) is 4.22. The number of nitrogens with one attached hydrogen (secondary N) is 1. The van der Waals surface area contributed by atoms with Gasteiger partial charge in [0.1, 0.15) is 11.9 Å². The summed E-state index contributed by atoms with van der Waals surface area (Å²) in [6.45, 7) is 3.50. The van der Waals surface area contributed by atoms with E-state index in [4.69, 9.17) is 0 Å². The van der Waals surface area contributed by atoms with Gasteiger partial charge in [-0.05, 0) is 50.2 Å². The van der Waals surface area contributed by atoms with Crippen molar-refractivity contribution in [3.05, 3.63) is 34.0 Å². The zero-order valence-corrected chi connectivity index (χ0v) is 17.6. The zero-order valence-electron chi connectivity index (χ0n) is 16.7. The molecule has 30 heavy (non-hydrogen) atoms. The summed E-state index contributed by atoms with van der Waals surface area (Å²) in [5.74, 6) is 6.73. The van der Waals surface area contributed by atoms with Crippen molar-refractivity contribution in [1.82, 2.24) is 19.5 Å². The van der Waals surface area contributed by atoms with Crippen LogP contribution in [0.2, 0.25) is 0 Å². The summed E-state index contributed by atoms with van der Waals surface area (Å²) in [7, 11) is 1.75. The van der Waals surface area contributed by atoms with Crippen LogP contribution in [0.3, 0.4) is 0 Å². The number of aryl methyl sites for hydroxylation is 1. The molecule has 0 radical (unpaired) electrons. The van der Waals surface area contributed by atoms with Crippen LogP contribution in [0, 0.1) is 30.1 Å². The highest BCUT2D eigenvalue weighted by Crippen LogP contribution is 2.68. The van der Waals surface area contributed by atoms with Crippen LogP contribution in [0.15, 0.2) is 18.5 Å². The first-order valence-corrected chi connectivity index (χ1v) is 10.6. The van der Waals surface area contributed by atoms with Gasteiger partial charge in [-0.15, -0.1) is 11.3 Å². The first kappa shape index (κ1) is 19.2. The topological polar surface area (TPSA) is 113 Å². The van der Waals surface area contributed by atoms with E-state index in [1.807, 2.05) is 19.1 Å². The number of carbonyl (C=O) groups excluding carboxylic acids is 1. The van der Waals surface area contributed by atoms with Crippen molar-refractivity contribution in [2.24, 2.45) is 11.3 Å². The van der Waals surface area contributed by atoms with E-state index < -0.39 is 23.7 Å². The number of hydrogen-bond donors (Lipinski definition) is 3. The fourth-order valence-electron chi connectivity index (χ4n) is 4.76. The smallest absolute Gasteiger partial charge is 0.209 e. The number of carbonyl (C=O) groups is 1. The van der Waals surface area contributed by atoms with Crippen molar-refractivity contribution in [3.8, 4) is 11.8 Å². The SMILES string of the molecule is CNc1nc(C#Cc2ccc(C)s2)nc2c1ncn2[C@@H]1C2C[C@@]2(C(C)=O)C(O)[C@H]1O. The lowest BCUT2D eigenvalue weighted by Crippen LogP contribution is -2.36. The van der Waals surface area contributed by atoms with Gasteiger partial charge in [-0.25, -0.2) is 15.0 Å². The number of ketones is 1. The van der Waals surface area contributed by atoms with Gasteiger partial charge < -0.3 is 20.1 Å². The molecule has 3 aromatic heterocycles. The quantitative estimate of drug-likeness (QED) is 0.547. The molecule has 2 saturated carbocycles. The molecule has 0 bridgehead atoms. The van der Waals surface area contributed by atoms with E-state index in [1.165, 1.54) is 11.8 Å². The average molecular weight is 423 g/mol. The molecular formula is C21H21N5O3S. The average Bonchev–Trinajstić information content (AvgIpc) is 2.98. The molecule has 0 amide bonds. The number of aromatic nitrogens is 4. The summed E-state index contributed by atoms with van der Waals surface area (Å²) < 4.78 is 1.76. The highest BCUT2D eigenvalue weighted by molar-refractivity contribution is 7.12. The van der Waals surface area contributed by atoms with Crippen LogP contribution in [-0.2, 0) is 4.79 Å². The van der Waals surface area contributed by atoms with Gasteiger partial charge in [0.05, 0.1) is 28.8 Å². The fraction of sp³-hybridized carbons (Fsp3) is 0.429. The van der Waals surface area contributed by atoms with Gasteiger partial charge in [-0.3, -0.25) is 4.79 Å². The van der Waals surface area contributed by atoms with E-state index in [-0.39, 0.29) is 11.7 Å². The molecule has 3 heterocycles. The lowest BCUT2D eigenvalue weighted by Gasteiger charge is -2.23. The molecule has 0 aromatic carbocycles. The van der Waals surface area contributed by atoms with Crippen molar-refractivity contribution in [3.63, 3.8) is 0 Å². The van der Waals surface area contributed by atoms with E-state index in [9.17, 15) is 15.0 Å². The second-order valence-corrected chi connectivity index (χ2v) is 9.25. The monoisotopic (exact) mass is 423 g/mol. The maximum atomic E-state index is 12.2. The molecule has 0 spiro atoms. The van der Waals surface area contributed by atoms with Crippen molar-refractivity contribution < 1.29 is 15.0 Å². The highest BCUT2D eigenvalue weighted by atomic mass is 32.1. The Labute approximate surface area is 177 Å². The number of hydrogen-bond acceptors (Lipinski definition) is 8. The summed E-state index contributed by atoms with van der Waals surface area (Å²) in [5.41, 5.74) is 0.209. The molecule has 2 unspecified atom stereocenters. The number of anilines is 1. The van der Waals surface area contributed by atoms with Crippen molar-refractivity contribution >= 4 is 34.1 Å². The van der Waals surface area contributed by atoms with Crippen molar-refractivity contribution in [2.75, 3.05) is 12.4 Å². The minimum Gasteiger partial charge on any atom is -0.389 e. The Morgan fingerprint density at radius 2 is 2.13 bits per heavy atom. The molecule has 0 saturated heterocycles. The van der Waals surface area contributed by atoms with Crippen LogP contribution in [-0.4, -0.2) is 54.8 Å². The van der Waals surface area contributed by atoms with Crippen LogP contribution in [0.25, 0.3) is 11.2 Å². The molecule has 3 N–H and O–H groups in total. The van der Waals surface area contributed by atoms with E-state index in [0.29, 0.717) is 29.2 Å². The Morgan fingerprint density at radius 1 is 1.33 bits per heavy atom. The second-order valence-electron chi connectivity index (χ2n) is 7.96. The molecule has 5 atom stereocenters. The van der Waals surface area contributed by atoms with E-state index in [0.717, 1.165) is 4.88 Å². The first-order valence-electron chi connectivity index (χ1n) is 9.74. The number of fused-ring (bicyclic) bond motifs is 2. The molecule has 3 aromatic rings. The van der Waals surface area contributed by atoms with Gasteiger partial charge in [-0.1, -0.05) is 0 Å². The Hall–Kier alpha value is -2.80. The molecule has 2 aliphatic carbocycles. The largest absolute Gasteiger partial charge is 0.389 e. The summed E-state index contributed by atoms with van der Waals surface area (Å²) in [5, 5.41) is 24.3. The summed E-state index contributed by atoms with van der Waals surface area (Å²) >= 11 is 1.60. The number of rotatable bonds is 3. The molecule has 9 heteroatoms. The summed E-state index contributed by atoms with van der Waals surface area (Å²) in [6, 6.07) is 3.49. The van der Waals surface area contributed by atoms with Crippen molar-refractivity contribution in [1.29, 1.82) is 0 Å². The Morgan fingerprint density at radius 3 is 2.77 bits per heavy atom. The molecule has 2 aliphatic rings. The molecule has 0 aliphatic heterocycles. The number of aliphatic hydroxyl groups is 2. The maximum Gasteiger partial charge on any atom is 0.209 e. The minimum absolute atomic E-state index is 0.0886. The lowest BCUT2D eigenvalue weighted by atomic mass is 9.95. The minimum atomic E-state index is -1.09. The Bertz CT molecular complexity index is 1240. The molecular weight excluding hydrogens is 402 g/mol. The maximum absolute atomic E-state index is 12.2. The lowest BCUT2D eigenvalue weighted by molar-refractivity contribution is -0.128. The van der Waals surface area contributed by atoms with Gasteiger partial charge in [0, 0.05) is 11.9 Å². The standard InChI is InChI=1S/C21H21N5O3S/c1-10-4-5-12(30-10)6-7-14-24-19(22-3)15-20(25-14)26(9-23-15)16-13-8-21(13,11(2)27)18(29)17(16)28/h4-5,9,13,16-18,28-29H,8H2,1-3H3,(H,22,24,25)/t13?,16-,17+,18?,21+/m1/s1. The van der Waals surface area contributed by atoms with Gasteiger partial charge in [0.25, 0.3) is 0 Å². The van der Waals surface area contributed by atoms with Crippen LogP contribution in [0.4, 0.5) is 5.82 Å². The number of thiophene rings is 1. The van der Waals surface area contributed by atoms with Gasteiger partial charge in [-0.2, -0.15) is 0 Å². The van der Waals surface area contributed by atoms with Crippen LogP contribution >= 0.6 is 11.3 Å². The van der Waals surface area contributed by atoms with Gasteiger partial charge >= 0.3 is 0 Å². The number of nitrogens with zero attached hydrogens (tertiary/aromatic N) is 4. The molecule has 2 fully saturated rings. The van der Waals surface area contributed by atoms with E-state index >= 15 is 0 Å². The van der Waals surface area contributed by atoms with Crippen LogP contribution < -0.4 is 5.32 Å². The van der Waals surface area contributed by atoms with Crippen molar-refractivity contribution in [2.45, 2.75) is 38.5 Å². The van der Waals surface area contributed by atoms with Gasteiger partial charge in [0.2, 0.25) is 5.82 Å². The summed E-state index contributed by atoms with van der Waals surface area (Å²) in [4.78, 5) is 27.7. The van der Waals surface area contributed by atoms with Crippen LogP contribution in [0.5, 0.6) is 0 Å². The third-order valence-electron chi connectivity index (χ3n) is 6.35. The van der Waals surface area contributed by atoms with Gasteiger partial charge in [0.15, 0.2) is 17.0 Å². The number of aliphatic hydroxyl groups excluding tert-OH is 2. The third-order valence-corrected chi connectivity index (χ3v) is 7.26.